The molecule has 0 fully saturated rings. The minimum Gasteiger partial charge on any atom is -0.352 e. The molecule has 0 aliphatic heterocycles. The third-order valence-electron chi connectivity index (χ3n) is 3.35. The average Bonchev–Trinajstić information content (AvgIpc) is 2.86. The average molecular weight is 362 g/mol. The van der Waals surface area contributed by atoms with Gasteiger partial charge in [0.2, 0.25) is 0 Å². The Morgan fingerprint density at radius 3 is 2.65 bits per heavy atom. The standard InChI is InChI=1S/C15H23N5O.2ClH/c1-10(2)20-14-13(9-18-20)12(8-11(3)19-14)15(21)17-7-5-4-6-16;;/h8-10H,4-7,16H2,1-3H3,(H,17,21);2*1H. The molecule has 0 radical (unpaired) electrons. The van der Waals surface area contributed by atoms with Crippen LogP contribution < -0.4 is 11.1 Å². The second kappa shape index (κ2) is 9.70. The number of amides is 1. The Morgan fingerprint density at radius 1 is 1.35 bits per heavy atom. The molecule has 0 bridgehead atoms. The number of fused-ring (bicyclic) bond motifs is 1. The fourth-order valence-corrected chi connectivity index (χ4v) is 2.28. The summed E-state index contributed by atoms with van der Waals surface area (Å²) in [5.41, 5.74) is 7.66. The van der Waals surface area contributed by atoms with E-state index < -0.39 is 0 Å². The lowest BCUT2D eigenvalue weighted by atomic mass is 10.1. The van der Waals surface area contributed by atoms with Crippen molar-refractivity contribution in [1.82, 2.24) is 20.1 Å². The summed E-state index contributed by atoms with van der Waals surface area (Å²) in [5, 5.41) is 8.08. The van der Waals surface area contributed by atoms with E-state index in [4.69, 9.17) is 5.73 Å². The molecule has 0 aliphatic rings. The summed E-state index contributed by atoms with van der Waals surface area (Å²) < 4.78 is 1.84. The molecule has 23 heavy (non-hydrogen) atoms. The van der Waals surface area contributed by atoms with E-state index in [-0.39, 0.29) is 36.8 Å². The predicted molar refractivity (Wildman–Crippen MR) is 97.8 cm³/mol. The largest absolute Gasteiger partial charge is 0.352 e. The van der Waals surface area contributed by atoms with Gasteiger partial charge in [-0.15, -0.1) is 24.8 Å². The number of hydrogen-bond donors (Lipinski definition) is 2. The van der Waals surface area contributed by atoms with Crippen LogP contribution in [0.3, 0.4) is 0 Å². The van der Waals surface area contributed by atoms with E-state index >= 15 is 0 Å². The van der Waals surface area contributed by atoms with Gasteiger partial charge < -0.3 is 11.1 Å². The number of carbonyl (C=O) groups excluding carboxylic acids is 1. The van der Waals surface area contributed by atoms with E-state index in [9.17, 15) is 4.79 Å². The topological polar surface area (TPSA) is 85.8 Å². The van der Waals surface area contributed by atoms with Gasteiger partial charge in [0.05, 0.1) is 17.1 Å². The second-order valence-corrected chi connectivity index (χ2v) is 5.48. The minimum atomic E-state index is -0.0779. The number of pyridine rings is 1. The van der Waals surface area contributed by atoms with Gasteiger partial charge in [-0.1, -0.05) is 0 Å². The molecule has 3 N–H and O–H groups in total. The molecule has 0 unspecified atom stereocenters. The lowest BCUT2D eigenvalue weighted by Gasteiger charge is -2.09. The molecule has 1 amide bonds. The van der Waals surface area contributed by atoms with Crippen molar-refractivity contribution in [3.05, 3.63) is 23.5 Å². The zero-order chi connectivity index (χ0) is 15.4. The van der Waals surface area contributed by atoms with Gasteiger partial charge in [-0.3, -0.25) is 4.79 Å². The van der Waals surface area contributed by atoms with Crippen LogP contribution in [-0.4, -0.2) is 33.8 Å². The molecule has 8 heteroatoms. The van der Waals surface area contributed by atoms with Gasteiger partial charge in [0.1, 0.15) is 0 Å². The highest BCUT2D eigenvalue weighted by Gasteiger charge is 2.16. The van der Waals surface area contributed by atoms with Gasteiger partial charge >= 0.3 is 0 Å². The van der Waals surface area contributed by atoms with Crippen molar-refractivity contribution in [2.45, 2.75) is 39.7 Å². The first kappa shape index (κ1) is 21.6. The van der Waals surface area contributed by atoms with Crippen LogP contribution in [0.25, 0.3) is 11.0 Å². The number of aryl methyl sites for hydroxylation is 1. The molecule has 0 atom stereocenters. The van der Waals surface area contributed by atoms with Crippen LogP contribution in [-0.2, 0) is 0 Å². The minimum absolute atomic E-state index is 0. The normalized spacial score (nSPS) is 10.3. The number of hydrogen-bond acceptors (Lipinski definition) is 4. The van der Waals surface area contributed by atoms with Gasteiger partial charge in [-0.2, -0.15) is 5.10 Å². The van der Waals surface area contributed by atoms with Crippen LogP contribution >= 0.6 is 24.8 Å². The van der Waals surface area contributed by atoms with Crippen molar-refractivity contribution in [3.63, 3.8) is 0 Å². The quantitative estimate of drug-likeness (QED) is 0.774. The Labute approximate surface area is 149 Å². The number of nitrogens with two attached hydrogens (primary N) is 1. The second-order valence-electron chi connectivity index (χ2n) is 5.48. The van der Waals surface area contributed by atoms with E-state index in [2.05, 4.69) is 15.4 Å². The molecule has 6 nitrogen and oxygen atoms in total. The third kappa shape index (κ3) is 5.06. The molecular weight excluding hydrogens is 337 g/mol. The Bertz CT molecular complexity index is 642. The number of nitrogens with zero attached hydrogens (tertiary/aromatic N) is 3. The van der Waals surface area contributed by atoms with Crippen LogP contribution in [0, 0.1) is 6.92 Å². The fourth-order valence-electron chi connectivity index (χ4n) is 2.28. The van der Waals surface area contributed by atoms with Gasteiger partial charge in [0, 0.05) is 18.3 Å². The number of carbonyl (C=O) groups is 1. The molecule has 0 saturated heterocycles. The van der Waals surface area contributed by atoms with Crippen molar-refractivity contribution >= 4 is 41.8 Å². The van der Waals surface area contributed by atoms with Crippen LogP contribution in [0.15, 0.2) is 12.3 Å². The molecule has 0 saturated carbocycles. The van der Waals surface area contributed by atoms with Crippen molar-refractivity contribution in [2.75, 3.05) is 13.1 Å². The van der Waals surface area contributed by atoms with Crippen LogP contribution in [0.1, 0.15) is 48.8 Å². The van der Waals surface area contributed by atoms with Gasteiger partial charge in [-0.05, 0) is 46.2 Å². The summed E-state index contributed by atoms with van der Waals surface area (Å²) in [6, 6.07) is 2.02. The number of rotatable bonds is 6. The molecule has 130 valence electrons. The van der Waals surface area contributed by atoms with Crippen molar-refractivity contribution < 1.29 is 4.79 Å². The van der Waals surface area contributed by atoms with E-state index in [1.54, 1.807) is 6.20 Å². The summed E-state index contributed by atoms with van der Waals surface area (Å²) in [6.45, 7) is 7.27. The summed E-state index contributed by atoms with van der Waals surface area (Å²) >= 11 is 0. The number of unbranched alkanes of at least 4 members (excludes halogenated alkanes) is 1. The highest BCUT2D eigenvalue weighted by atomic mass is 35.5. The van der Waals surface area contributed by atoms with E-state index in [1.165, 1.54) is 0 Å². The monoisotopic (exact) mass is 361 g/mol. The first-order chi connectivity index (χ1) is 10.0. The zero-order valence-corrected chi connectivity index (χ0v) is 15.3. The van der Waals surface area contributed by atoms with Crippen LogP contribution in [0.5, 0.6) is 0 Å². The molecule has 0 aliphatic carbocycles. The van der Waals surface area contributed by atoms with Crippen molar-refractivity contribution in [2.24, 2.45) is 5.73 Å². The molecular formula is C15H25Cl2N5O. The first-order valence-electron chi connectivity index (χ1n) is 7.37. The Hall–Kier alpha value is -1.37. The van der Waals surface area contributed by atoms with Crippen molar-refractivity contribution in [3.8, 4) is 0 Å². The molecule has 2 aromatic heterocycles. The highest BCUT2D eigenvalue weighted by molar-refractivity contribution is 6.05. The van der Waals surface area contributed by atoms with Crippen molar-refractivity contribution in [1.29, 1.82) is 0 Å². The van der Waals surface area contributed by atoms with E-state index in [0.717, 1.165) is 29.6 Å². The lowest BCUT2D eigenvalue weighted by Crippen LogP contribution is -2.25. The summed E-state index contributed by atoms with van der Waals surface area (Å²) in [4.78, 5) is 16.9. The van der Waals surface area contributed by atoms with Gasteiger partial charge in [0.25, 0.3) is 5.91 Å². The van der Waals surface area contributed by atoms with E-state index in [0.29, 0.717) is 18.7 Å². The first-order valence-corrected chi connectivity index (χ1v) is 7.37. The number of aromatic nitrogens is 3. The number of nitrogens with one attached hydrogen (secondary N) is 1. The summed E-state index contributed by atoms with van der Waals surface area (Å²) in [6.07, 6.45) is 3.52. The molecule has 2 heterocycles. The molecule has 0 aromatic carbocycles. The predicted octanol–water partition coefficient (Wildman–Crippen LogP) is 2.63. The van der Waals surface area contributed by atoms with Gasteiger partial charge in [0.15, 0.2) is 5.65 Å². The zero-order valence-electron chi connectivity index (χ0n) is 13.7. The summed E-state index contributed by atoms with van der Waals surface area (Å²) in [5.74, 6) is -0.0779. The molecule has 2 aromatic rings. The third-order valence-corrected chi connectivity index (χ3v) is 3.35. The lowest BCUT2D eigenvalue weighted by molar-refractivity contribution is 0.0954. The highest BCUT2D eigenvalue weighted by Crippen LogP contribution is 2.20. The Morgan fingerprint density at radius 2 is 2.04 bits per heavy atom. The maximum absolute atomic E-state index is 12.3. The van der Waals surface area contributed by atoms with Gasteiger partial charge in [-0.25, -0.2) is 9.67 Å². The van der Waals surface area contributed by atoms with E-state index in [1.807, 2.05) is 31.5 Å². The summed E-state index contributed by atoms with van der Waals surface area (Å²) in [7, 11) is 0. The fraction of sp³-hybridized carbons (Fsp3) is 0.533. The maximum atomic E-state index is 12.3. The Kier molecular flexibility index (Phi) is 9.12. The Balaban J connectivity index is 0.00000242. The van der Waals surface area contributed by atoms with Crippen LogP contribution in [0.2, 0.25) is 0 Å². The molecule has 0 spiro atoms. The smallest absolute Gasteiger partial charge is 0.252 e. The number of halogens is 2. The van der Waals surface area contributed by atoms with Crippen LogP contribution in [0.4, 0.5) is 0 Å². The SMILES string of the molecule is Cc1cc(C(=O)NCCCCN)c2cnn(C(C)C)c2n1.Cl.Cl. The maximum Gasteiger partial charge on any atom is 0.252 e. The molecule has 2 rings (SSSR count).